The standard InChI is InChI=1S/C15H16N4O6/c1-3-25-11-5-7-13(15(9-11)19(22)23)17-16-12-6-4-10(24-2)8-14(12)18(20)21/h4-9,16-17H,3H2,1-2H3. The molecule has 0 saturated carbocycles. The molecule has 0 aliphatic carbocycles. The topological polar surface area (TPSA) is 129 Å². The van der Waals surface area contributed by atoms with Gasteiger partial charge in [-0.25, -0.2) is 0 Å². The predicted octanol–water partition coefficient (Wildman–Crippen LogP) is 3.35. The van der Waals surface area contributed by atoms with E-state index in [1.807, 2.05) is 0 Å². The van der Waals surface area contributed by atoms with Gasteiger partial charge >= 0.3 is 0 Å². The molecule has 10 heteroatoms. The minimum atomic E-state index is -0.584. The van der Waals surface area contributed by atoms with Crippen molar-refractivity contribution in [2.75, 3.05) is 24.6 Å². The van der Waals surface area contributed by atoms with Crippen molar-refractivity contribution in [1.82, 2.24) is 0 Å². The fourth-order valence-corrected chi connectivity index (χ4v) is 2.05. The van der Waals surface area contributed by atoms with Crippen molar-refractivity contribution >= 4 is 22.7 Å². The number of nitrogens with one attached hydrogen (secondary N) is 2. The molecular formula is C15H16N4O6. The van der Waals surface area contributed by atoms with Gasteiger partial charge < -0.3 is 9.47 Å². The molecule has 2 aromatic rings. The molecule has 0 bridgehead atoms. The Bertz CT molecular complexity index is 796. The van der Waals surface area contributed by atoms with E-state index in [4.69, 9.17) is 9.47 Å². The molecule has 0 aromatic heterocycles. The van der Waals surface area contributed by atoms with E-state index in [1.165, 1.54) is 37.4 Å². The van der Waals surface area contributed by atoms with Crippen molar-refractivity contribution in [2.24, 2.45) is 0 Å². The van der Waals surface area contributed by atoms with Crippen LogP contribution in [0.15, 0.2) is 36.4 Å². The number of anilines is 2. The van der Waals surface area contributed by atoms with Crippen LogP contribution >= 0.6 is 0 Å². The zero-order chi connectivity index (χ0) is 18.4. The van der Waals surface area contributed by atoms with Gasteiger partial charge in [-0.05, 0) is 31.2 Å². The number of ether oxygens (including phenoxy) is 2. The Kier molecular flexibility index (Phi) is 5.56. The number of nitrogens with zero attached hydrogens (tertiary/aromatic N) is 2. The van der Waals surface area contributed by atoms with Gasteiger partial charge in [-0.1, -0.05) is 0 Å². The van der Waals surface area contributed by atoms with Crippen LogP contribution in [-0.4, -0.2) is 23.6 Å². The molecule has 0 saturated heterocycles. The average Bonchev–Trinajstić information content (AvgIpc) is 2.60. The molecule has 0 spiro atoms. The molecule has 0 unspecified atom stereocenters. The molecule has 25 heavy (non-hydrogen) atoms. The summed E-state index contributed by atoms with van der Waals surface area (Å²) in [5.74, 6) is 0.680. The highest BCUT2D eigenvalue weighted by molar-refractivity contribution is 5.70. The van der Waals surface area contributed by atoms with Gasteiger partial charge in [-0.15, -0.1) is 0 Å². The van der Waals surface area contributed by atoms with Gasteiger partial charge in [-0.2, -0.15) is 0 Å². The third kappa shape index (κ3) is 4.25. The number of nitro benzene ring substituents is 2. The van der Waals surface area contributed by atoms with E-state index in [2.05, 4.69) is 10.9 Å². The highest BCUT2D eigenvalue weighted by Crippen LogP contribution is 2.32. The largest absolute Gasteiger partial charge is 0.496 e. The molecule has 132 valence electrons. The van der Waals surface area contributed by atoms with Gasteiger partial charge in [0.1, 0.15) is 22.9 Å². The molecule has 2 aromatic carbocycles. The first-order chi connectivity index (χ1) is 12.0. The second-order valence-corrected chi connectivity index (χ2v) is 4.76. The van der Waals surface area contributed by atoms with E-state index in [1.54, 1.807) is 13.0 Å². The third-order valence-electron chi connectivity index (χ3n) is 3.21. The van der Waals surface area contributed by atoms with Crippen LogP contribution in [0, 0.1) is 20.2 Å². The first-order valence-corrected chi connectivity index (χ1v) is 7.22. The number of methoxy groups -OCH3 is 1. The average molecular weight is 348 g/mol. The molecular weight excluding hydrogens is 332 g/mol. The van der Waals surface area contributed by atoms with Gasteiger partial charge in [0.2, 0.25) is 0 Å². The summed E-state index contributed by atoms with van der Waals surface area (Å²) in [5, 5.41) is 22.4. The van der Waals surface area contributed by atoms with Crippen molar-refractivity contribution < 1.29 is 19.3 Å². The number of hydrogen-bond donors (Lipinski definition) is 2. The van der Waals surface area contributed by atoms with Crippen molar-refractivity contribution in [3.05, 3.63) is 56.6 Å². The molecule has 2 rings (SSSR count). The molecule has 2 N–H and O–H groups in total. The van der Waals surface area contributed by atoms with E-state index in [9.17, 15) is 20.2 Å². The van der Waals surface area contributed by atoms with Crippen LogP contribution < -0.4 is 20.3 Å². The van der Waals surface area contributed by atoms with E-state index < -0.39 is 9.85 Å². The number of hydrogen-bond acceptors (Lipinski definition) is 8. The first-order valence-electron chi connectivity index (χ1n) is 7.22. The summed E-state index contributed by atoms with van der Waals surface area (Å²) in [6, 6.07) is 8.50. The fraction of sp³-hybridized carbons (Fsp3) is 0.200. The Morgan fingerprint density at radius 2 is 1.40 bits per heavy atom. The minimum Gasteiger partial charge on any atom is -0.496 e. The number of benzene rings is 2. The smallest absolute Gasteiger partial charge is 0.297 e. The van der Waals surface area contributed by atoms with Crippen molar-refractivity contribution in [3.8, 4) is 11.5 Å². The molecule has 0 aliphatic heterocycles. The number of rotatable bonds is 8. The SMILES string of the molecule is CCOc1ccc(NNc2ccc(OC)cc2[N+](=O)[O-])c([N+](=O)[O-])c1. The number of nitro groups is 2. The third-order valence-corrected chi connectivity index (χ3v) is 3.21. The lowest BCUT2D eigenvalue weighted by Crippen LogP contribution is -2.12. The predicted molar refractivity (Wildman–Crippen MR) is 91.2 cm³/mol. The molecule has 0 aliphatic rings. The zero-order valence-corrected chi connectivity index (χ0v) is 13.5. The zero-order valence-electron chi connectivity index (χ0n) is 13.5. The summed E-state index contributed by atoms with van der Waals surface area (Å²) in [7, 11) is 1.40. The van der Waals surface area contributed by atoms with Crippen LogP contribution in [0.4, 0.5) is 22.7 Å². The van der Waals surface area contributed by atoms with E-state index in [0.717, 1.165) is 0 Å². The van der Waals surface area contributed by atoms with Crippen LogP contribution in [0.5, 0.6) is 11.5 Å². The maximum atomic E-state index is 11.2. The summed E-state index contributed by atoms with van der Waals surface area (Å²) in [5.41, 5.74) is 5.04. The van der Waals surface area contributed by atoms with Crippen LogP contribution in [-0.2, 0) is 0 Å². The Morgan fingerprint density at radius 1 is 0.920 bits per heavy atom. The van der Waals surface area contributed by atoms with Crippen LogP contribution in [0.1, 0.15) is 6.92 Å². The summed E-state index contributed by atoms with van der Waals surface area (Å²) in [6.45, 7) is 2.14. The molecule has 0 amide bonds. The summed E-state index contributed by atoms with van der Waals surface area (Å²) in [6.07, 6.45) is 0. The number of hydrazine groups is 1. The lowest BCUT2D eigenvalue weighted by atomic mass is 10.2. The molecule has 0 fully saturated rings. The molecule has 10 nitrogen and oxygen atoms in total. The van der Waals surface area contributed by atoms with Crippen molar-refractivity contribution in [2.45, 2.75) is 6.92 Å². The quantitative estimate of drug-likeness (QED) is 0.549. The van der Waals surface area contributed by atoms with Gasteiger partial charge in [0.25, 0.3) is 11.4 Å². The Balaban J connectivity index is 2.26. The summed E-state index contributed by atoms with van der Waals surface area (Å²) >= 11 is 0. The second kappa shape index (κ2) is 7.81. The maximum Gasteiger partial charge on any atom is 0.297 e. The highest BCUT2D eigenvalue weighted by Gasteiger charge is 2.18. The van der Waals surface area contributed by atoms with E-state index >= 15 is 0 Å². The van der Waals surface area contributed by atoms with E-state index in [0.29, 0.717) is 18.1 Å². The van der Waals surface area contributed by atoms with Crippen LogP contribution in [0.2, 0.25) is 0 Å². The van der Waals surface area contributed by atoms with Crippen LogP contribution in [0.3, 0.4) is 0 Å². The fourth-order valence-electron chi connectivity index (χ4n) is 2.05. The van der Waals surface area contributed by atoms with E-state index in [-0.39, 0.29) is 22.7 Å². The highest BCUT2D eigenvalue weighted by atomic mass is 16.6. The van der Waals surface area contributed by atoms with Gasteiger partial charge in [-0.3, -0.25) is 31.1 Å². The van der Waals surface area contributed by atoms with Crippen LogP contribution in [0.25, 0.3) is 0 Å². The van der Waals surface area contributed by atoms with Gasteiger partial charge in [0.05, 0.1) is 35.7 Å². The van der Waals surface area contributed by atoms with Gasteiger partial charge in [0, 0.05) is 0 Å². The lowest BCUT2D eigenvalue weighted by molar-refractivity contribution is -0.384. The van der Waals surface area contributed by atoms with Crippen molar-refractivity contribution in [3.63, 3.8) is 0 Å². The molecule has 0 radical (unpaired) electrons. The Labute approximate surface area is 142 Å². The minimum absolute atomic E-state index is 0.133. The second-order valence-electron chi connectivity index (χ2n) is 4.76. The molecule has 0 atom stereocenters. The summed E-state index contributed by atoms with van der Waals surface area (Å²) < 4.78 is 10.2. The van der Waals surface area contributed by atoms with Gasteiger partial charge in [0.15, 0.2) is 0 Å². The lowest BCUT2D eigenvalue weighted by Gasteiger charge is -2.12. The normalized spacial score (nSPS) is 10.0. The Morgan fingerprint density at radius 3 is 1.84 bits per heavy atom. The monoisotopic (exact) mass is 348 g/mol. The molecule has 0 heterocycles. The maximum absolute atomic E-state index is 11.2. The first kappa shape index (κ1) is 17.8. The summed E-state index contributed by atoms with van der Waals surface area (Å²) in [4.78, 5) is 21.2. The van der Waals surface area contributed by atoms with Crippen molar-refractivity contribution in [1.29, 1.82) is 0 Å². The Hall–Kier alpha value is -3.56.